The molecule has 1 unspecified atom stereocenters. The molecule has 1 aromatic heterocycles. The monoisotopic (exact) mass is 213 g/mol. The lowest BCUT2D eigenvalue weighted by molar-refractivity contribution is 0.307. The first kappa shape index (κ1) is 10.3. The Morgan fingerprint density at radius 1 is 1.44 bits per heavy atom. The second-order valence-electron chi connectivity index (χ2n) is 3.29. The van der Waals surface area contributed by atoms with Crippen LogP contribution in [0.2, 0.25) is 0 Å². The lowest BCUT2D eigenvalue weighted by Gasteiger charge is -2.08. The topological polar surface area (TPSA) is 31.2 Å². The van der Waals surface area contributed by atoms with E-state index in [1.165, 1.54) is 6.07 Å². The molecule has 2 rings (SSSR count). The first-order valence-electron chi connectivity index (χ1n) is 4.92. The third-order valence-corrected chi connectivity index (χ3v) is 2.27. The van der Waals surface area contributed by atoms with Gasteiger partial charge in [-0.2, -0.15) is 0 Å². The van der Waals surface area contributed by atoms with Crippen molar-refractivity contribution in [2.75, 3.05) is 7.11 Å². The zero-order chi connectivity index (χ0) is 11.4. The van der Waals surface area contributed by atoms with Gasteiger partial charge in [-0.15, -0.1) is 0 Å². The van der Waals surface area contributed by atoms with Crippen molar-refractivity contribution in [2.45, 2.75) is 6.04 Å². The molecule has 0 aromatic carbocycles. The average Bonchev–Trinajstić information content (AvgIpc) is 2.55. The van der Waals surface area contributed by atoms with Gasteiger partial charge in [0.2, 0.25) is 0 Å². The Labute approximate surface area is 93.7 Å². The lowest BCUT2D eigenvalue weighted by Crippen LogP contribution is -2.20. The van der Waals surface area contributed by atoms with E-state index in [-0.39, 0.29) is 11.6 Å². The number of rotatable bonds is 2. The van der Waals surface area contributed by atoms with Gasteiger partial charge in [0.05, 0.1) is 7.11 Å². The molecule has 0 amide bonds. The molecule has 80 valence electrons. The predicted octanol–water partition coefficient (Wildman–Crippen LogP) is 1.49. The minimum Gasteiger partial charge on any atom is -0.496 e. The van der Waals surface area contributed by atoms with Crippen LogP contribution in [-0.4, -0.2) is 11.7 Å². The van der Waals surface area contributed by atoms with Crippen LogP contribution in [0.1, 0.15) is 6.04 Å². The van der Waals surface area contributed by atoms with Gasteiger partial charge in [-0.1, -0.05) is 17.9 Å². The Balaban J connectivity index is 2.35. The second kappa shape index (κ2) is 4.54. The molecule has 3 heteroatoms. The van der Waals surface area contributed by atoms with Crippen molar-refractivity contribution < 1.29 is 4.74 Å². The maximum Gasteiger partial charge on any atom is 0.251 e. The van der Waals surface area contributed by atoms with Crippen molar-refractivity contribution in [1.82, 2.24) is 4.57 Å². The van der Waals surface area contributed by atoms with Gasteiger partial charge >= 0.3 is 0 Å². The van der Waals surface area contributed by atoms with Crippen LogP contribution >= 0.6 is 0 Å². The van der Waals surface area contributed by atoms with Gasteiger partial charge < -0.3 is 4.74 Å². The van der Waals surface area contributed by atoms with E-state index < -0.39 is 0 Å². The van der Waals surface area contributed by atoms with Crippen molar-refractivity contribution >= 4 is 0 Å². The van der Waals surface area contributed by atoms with Gasteiger partial charge in [0.1, 0.15) is 11.8 Å². The zero-order valence-electron chi connectivity index (χ0n) is 8.88. The largest absolute Gasteiger partial charge is 0.496 e. The van der Waals surface area contributed by atoms with E-state index in [4.69, 9.17) is 4.74 Å². The number of aromatic nitrogens is 1. The summed E-state index contributed by atoms with van der Waals surface area (Å²) in [6.45, 7) is 0. The molecule has 0 fully saturated rings. The number of allylic oxidation sites excluding steroid dienone is 3. The van der Waals surface area contributed by atoms with Gasteiger partial charge in [-0.05, 0) is 18.2 Å². The van der Waals surface area contributed by atoms with E-state index in [0.717, 1.165) is 0 Å². The van der Waals surface area contributed by atoms with Gasteiger partial charge in [0.25, 0.3) is 5.56 Å². The SMILES string of the molecule is COC1=CC#CC(n2ccccc2=O)C=C1. The van der Waals surface area contributed by atoms with Crippen molar-refractivity contribution in [1.29, 1.82) is 0 Å². The van der Waals surface area contributed by atoms with Crippen LogP contribution in [0.25, 0.3) is 0 Å². The molecule has 1 aliphatic carbocycles. The predicted molar refractivity (Wildman–Crippen MR) is 61.7 cm³/mol. The molecule has 0 spiro atoms. The van der Waals surface area contributed by atoms with E-state index in [1.54, 1.807) is 36.1 Å². The molecule has 1 heterocycles. The molecule has 0 N–H and O–H groups in total. The van der Waals surface area contributed by atoms with Crippen molar-refractivity contribution in [3.05, 3.63) is 58.7 Å². The number of hydrogen-bond donors (Lipinski definition) is 0. The standard InChI is InChI=1S/C13H11NO2/c1-16-12-6-4-5-11(8-9-12)14-10-3-2-7-13(14)15/h2-3,6-11H,1H3. The molecule has 0 radical (unpaired) electrons. The molecule has 0 saturated heterocycles. The second-order valence-corrected chi connectivity index (χ2v) is 3.29. The summed E-state index contributed by atoms with van der Waals surface area (Å²) < 4.78 is 6.65. The van der Waals surface area contributed by atoms with Gasteiger partial charge in [0, 0.05) is 18.3 Å². The minimum atomic E-state index is -0.238. The van der Waals surface area contributed by atoms with E-state index in [1.807, 2.05) is 12.1 Å². The summed E-state index contributed by atoms with van der Waals surface area (Å²) in [5.74, 6) is 6.53. The van der Waals surface area contributed by atoms with E-state index >= 15 is 0 Å². The molecule has 1 atom stereocenters. The third kappa shape index (κ3) is 2.06. The first-order chi connectivity index (χ1) is 7.81. The molecule has 1 aromatic rings. The number of nitrogens with zero attached hydrogens (tertiary/aromatic N) is 1. The highest BCUT2D eigenvalue weighted by atomic mass is 16.5. The maximum absolute atomic E-state index is 11.6. The molecular formula is C13H11NO2. The highest BCUT2D eigenvalue weighted by Crippen LogP contribution is 2.09. The fourth-order valence-electron chi connectivity index (χ4n) is 1.44. The Morgan fingerprint density at radius 2 is 2.31 bits per heavy atom. The molecule has 1 aliphatic rings. The van der Waals surface area contributed by atoms with E-state index in [9.17, 15) is 4.79 Å². The molecule has 3 nitrogen and oxygen atoms in total. The number of ether oxygens (including phenoxy) is 1. The Morgan fingerprint density at radius 3 is 3.06 bits per heavy atom. The van der Waals surface area contributed by atoms with Gasteiger partial charge in [-0.25, -0.2) is 0 Å². The van der Waals surface area contributed by atoms with E-state index in [0.29, 0.717) is 5.76 Å². The summed E-state index contributed by atoms with van der Waals surface area (Å²) in [5.41, 5.74) is -0.0627. The third-order valence-electron chi connectivity index (χ3n) is 2.27. The van der Waals surface area contributed by atoms with E-state index in [2.05, 4.69) is 11.8 Å². The fourth-order valence-corrected chi connectivity index (χ4v) is 1.44. The summed E-state index contributed by atoms with van der Waals surface area (Å²) >= 11 is 0. The maximum atomic E-state index is 11.6. The normalized spacial score (nSPS) is 18.1. The van der Waals surface area contributed by atoms with Crippen LogP contribution in [0, 0.1) is 11.8 Å². The quantitative estimate of drug-likeness (QED) is 0.697. The summed E-state index contributed by atoms with van der Waals surface area (Å²) in [6, 6.07) is 4.81. The van der Waals surface area contributed by atoms with Crippen LogP contribution < -0.4 is 5.56 Å². The first-order valence-corrected chi connectivity index (χ1v) is 4.92. The Hall–Kier alpha value is -2.21. The molecule has 16 heavy (non-hydrogen) atoms. The van der Waals surface area contributed by atoms with Crippen LogP contribution in [0.5, 0.6) is 0 Å². The van der Waals surface area contributed by atoms with Gasteiger partial charge in [-0.3, -0.25) is 9.36 Å². The fraction of sp³-hybridized carbons (Fsp3) is 0.154. The highest BCUT2D eigenvalue weighted by Gasteiger charge is 2.06. The molecule has 0 bridgehead atoms. The molecule has 0 saturated carbocycles. The molecular weight excluding hydrogens is 202 g/mol. The van der Waals surface area contributed by atoms with Gasteiger partial charge in [0.15, 0.2) is 0 Å². The van der Waals surface area contributed by atoms with Crippen molar-refractivity contribution in [3.8, 4) is 11.8 Å². The summed E-state index contributed by atoms with van der Waals surface area (Å²) in [7, 11) is 1.59. The van der Waals surface area contributed by atoms with Crippen molar-refractivity contribution in [3.63, 3.8) is 0 Å². The van der Waals surface area contributed by atoms with Crippen LogP contribution in [0.3, 0.4) is 0 Å². The Bertz CT molecular complexity index is 555. The summed E-state index contributed by atoms with van der Waals surface area (Å²) in [5, 5.41) is 0. The average molecular weight is 213 g/mol. The van der Waals surface area contributed by atoms with Crippen LogP contribution in [-0.2, 0) is 4.74 Å². The summed E-state index contributed by atoms with van der Waals surface area (Å²) in [4.78, 5) is 11.6. The summed E-state index contributed by atoms with van der Waals surface area (Å²) in [6.07, 6.45) is 7.06. The number of pyridine rings is 1. The zero-order valence-corrected chi connectivity index (χ0v) is 8.88. The number of hydrogen-bond acceptors (Lipinski definition) is 2. The lowest BCUT2D eigenvalue weighted by atomic mass is 10.2. The molecule has 0 aliphatic heterocycles. The van der Waals surface area contributed by atoms with Crippen LogP contribution in [0.4, 0.5) is 0 Å². The number of methoxy groups -OCH3 is 1. The Kier molecular flexibility index (Phi) is 2.93. The minimum absolute atomic E-state index is 0.0627. The highest BCUT2D eigenvalue weighted by molar-refractivity contribution is 5.33. The smallest absolute Gasteiger partial charge is 0.251 e. The van der Waals surface area contributed by atoms with Crippen molar-refractivity contribution in [2.24, 2.45) is 0 Å². The van der Waals surface area contributed by atoms with Crippen LogP contribution in [0.15, 0.2) is 53.2 Å².